The second kappa shape index (κ2) is 16.9. The first-order valence-electron chi connectivity index (χ1n) is 19.6. The van der Waals surface area contributed by atoms with Gasteiger partial charge in [0.05, 0.1) is 0 Å². The van der Waals surface area contributed by atoms with Crippen molar-refractivity contribution in [2.24, 2.45) is 0 Å². The Balaban J connectivity index is 0.874. The van der Waals surface area contributed by atoms with Crippen LogP contribution in [0.2, 0.25) is 0 Å². The van der Waals surface area contributed by atoms with Gasteiger partial charge in [-0.25, -0.2) is 0 Å². The van der Waals surface area contributed by atoms with Crippen LogP contribution in [0.4, 0.5) is 56.9 Å². The number of rotatable bonds is 12. The summed E-state index contributed by atoms with van der Waals surface area (Å²) in [5.74, 6) is 0. The summed E-state index contributed by atoms with van der Waals surface area (Å²) in [5, 5.41) is 7.16. The Labute approximate surface area is 341 Å². The number of hydrogen-bond acceptors (Lipinski definition) is 4. The Morgan fingerprint density at radius 2 is 0.397 bits per heavy atom. The fourth-order valence-corrected chi connectivity index (χ4v) is 7.27. The maximum atomic E-state index is 3.58. The number of para-hydroxylation sites is 2. The molecular formula is C54H42N4. The third kappa shape index (κ3) is 8.23. The molecule has 9 aromatic rings. The lowest BCUT2D eigenvalue weighted by Gasteiger charge is -2.26. The molecule has 0 aliphatic heterocycles. The number of benzene rings is 9. The molecule has 0 aliphatic carbocycles. The first-order chi connectivity index (χ1) is 28.7. The normalized spacial score (nSPS) is 10.8. The topological polar surface area (TPSA) is 30.5 Å². The smallest absolute Gasteiger partial charge is 0.0463 e. The molecule has 9 rings (SSSR count). The Hall–Kier alpha value is -7.82. The van der Waals surface area contributed by atoms with Crippen LogP contribution in [-0.4, -0.2) is 0 Å². The van der Waals surface area contributed by atoms with E-state index in [1.165, 1.54) is 22.3 Å². The molecular weight excluding hydrogens is 705 g/mol. The van der Waals surface area contributed by atoms with E-state index in [1.54, 1.807) is 0 Å². The van der Waals surface area contributed by atoms with Crippen molar-refractivity contribution in [1.82, 2.24) is 0 Å². The zero-order chi connectivity index (χ0) is 38.9. The van der Waals surface area contributed by atoms with Gasteiger partial charge in [-0.05, 0) is 144 Å². The quantitative estimate of drug-likeness (QED) is 0.130. The molecule has 0 radical (unpaired) electrons. The van der Waals surface area contributed by atoms with Gasteiger partial charge < -0.3 is 20.4 Å². The van der Waals surface area contributed by atoms with Gasteiger partial charge in [-0.2, -0.15) is 0 Å². The molecule has 0 amide bonds. The number of hydrogen-bond donors (Lipinski definition) is 2. The van der Waals surface area contributed by atoms with Crippen LogP contribution in [0.25, 0.3) is 22.3 Å². The highest BCUT2D eigenvalue weighted by atomic mass is 15.1. The van der Waals surface area contributed by atoms with Crippen LogP contribution in [0.3, 0.4) is 0 Å². The summed E-state index contributed by atoms with van der Waals surface area (Å²) in [4.78, 5) is 4.57. The van der Waals surface area contributed by atoms with Gasteiger partial charge >= 0.3 is 0 Å². The molecule has 0 unspecified atom stereocenters. The number of nitrogens with one attached hydrogen (secondary N) is 2. The van der Waals surface area contributed by atoms with Gasteiger partial charge in [0.1, 0.15) is 0 Å². The minimum atomic E-state index is 1.02. The highest BCUT2D eigenvalue weighted by Gasteiger charge is 2.14. The van der Waals surface area contributed by atoms with Gasteiger partial charge in [0.15, 0.2) is 0 Å². The van der Waals surface area contributed by atoms with E-state index in [0.717, 1.165) is 56.9 Å². The minimum absolute atomic E-state index is 1.02. The first-order valence-corrected chi connectivity index (χ1v) is 19.6. The molecule has 0 fully saturated rings. The van der Waals surface area contributed by atoms with E-state index in [0.29, 0.717) is 0 Å². The number of anilines is 10. The van der Waals surface area contributed by atoms with Crippen molar-refractivity contribution in [2.45, 2.75) is 0 Å². The van der Waals surface area contributed by atoms with E-state index in [9.17, 15) is 0 Å². The molecule has 278 valence electrons. The molecule has 0 saturated heterocycles. The van der Waals surface area contributed by atoms with E-state index in [2.05, 4.69) is 251 Å². The molecule has 0 saturated carbocycles. The van der Waals surface area contributed by atoms with E-state index in [4.69, 9.17) is 0 Å². The Morgan fingerprint density at radius 3 is 0.690 bits per heavy atom. The Bertz CT molecular complexity index is 2460. The highest BCUT2D eigenvalue weighted by Crippen LogP contribution is 2.38. The fourth-order valence-electron chi connectivity index (χ4n) is 7.27. The average molecular weight is 747 g/mol. The summed E-state index contributed by atoms with van der Waals surface area (Å²) in [6, 6.07) is 85.1. The van der Waals surface area contributed by atoms with Crippen molar-refractivity contribution in [3.05, 3.63) is 243 Å². The molecule has 9 aromatic carbocycles. The predicted molar refractivity (Wildman–Crippen MR) is 246 cm³/mol. The summed E-state index contributed by atoms with van der Waals surface area (Å²) in [6.45, 7) is 0. The molecule has 0 aliphatic rings. The van der Waals surface area contributed by atoms with E-state index in [1.807, 2.05) is 12.1 Å². The molecule has 2 N–H and O–H groups in total. The van der Waals surface area contributed by atoms with Crippen LogP contribution in [-0.2, 0) is 0 Å². The third-order valence-electron chi connectivity index (χ3n) is 10.2. The highest BCUT2D eigenvalue weighted by molar-refractivity contribution is 5.81. The fraction of sp³-hybridized carbons (Fsp3) is 0. The van der Waals surface area contributed by atoms with Crippen LogP contribution < -0.4 is 20.4 Å². The van der Waals surface area contributed by atoms with Gasteiger partial charge in [0.25, 0.3) is 0 Å². The molecule has 0 aromatic heterocycles. The summed E-state index contributed by atoms with van der Waals surface area (Å²) in [6.07, 6.45) is 0. The standard InChI is InChI=1S/C54H42N4/c1-5-13-41(14-6-1)43-21-33-51(34-22-43)57(49-17-9-3-10-18-49)53-37-29-47(30-38-53)55-45-25-27-46(28-26-45)56-48-31-39-54(40-32-48)58(50-19-11-4-12-20-50)52-35-23-44(24-36-52)42-15-7-2-8-16-42/h1-40,55-56H. The van der Waals surface area contributed by atoms with E-state index < -0.39 is 0 Å². The molecule has 0 heterocycles. The van der Waals surface area contributed by atoms with Crippen molar-refractivity contribution in [1.29, 1.82) is 0 Å². The second-order valence-electron chi connectivity index (χ2n) is 14.1. The van der Waals surface area contributed by atoms with Crippen LogP contribution in [0, 0.1) is 0 Å². The summed E-state index contributed by atoms with van der Waals surface area (Å²) < 4.78 is 0. The van der Waals surface area contributed by atoms with Gasteiger partial charge in [-0.15, -0.1) is 0 Å². The lowest BCUT2D eigenvalue weighted by atomic mass is 10.0. The van der Waals surface area contributed by atoms with E-state index >= 15 is 0 Å². The SMILES string of the molecule is c1ccc(-c2ccc(N(c3ccccc3)c3ccc(Nc4ccc(Nc5ccc(N(c6ccccc6)c6ccc(-c7ccccc7)cc6)cc5)cc4)cc3)cc2)cc1. The lowest BCUT2D eigenvalue weighted by Crippen LogP contribution is -2.09. The molecule has 4 heteroatoms. The van der Waals surface area contributed by atoms with Crippen molar-refractivity contribution in [2.75, 3.05) is 20.4 Å². The van der Waals surface area contributed by atoms with E-state index in [-0.39, 0.29) is 0 Å². The Kier molecular flexibility index (Phi) is 10.5. The third-order valence-corrected chi connectivity index (χ3v) is 10.2. The molecule has 58 heavy (non-hydrogen) atoms. The van der Waals surface area contributed by atoms with Gasteiger partial charge in [-0.1, -0.05) is 121 Å². The maximum absolute atomic E-state index is 3.58. The summed E-state index contributed by atoms with van der Waals surface area (Å²) >= 11 is 0. The minimum Gasteiger partial charge on any atom is -0.356 e. The summed E-state index contributed by atoms with van der Waals surface area (Å²) in [7, 11) is 0. The zero-order valence-electron chi connectivity index (χ0n) is 32.0. The molecule has 0 atom stereocenters. The van der Waals surface area contributed by atoms with Gasteiger partial charge in [-0.3, -0.25) is 0 Å². The number of nitrogens with zero attached hydrogens (tertiary/aromatic N) is 2. The van der Waals surface area contributed by atoms with Crippen LogP contribution in [0.1, 0.15) is 0 Å². The van der Waals surface area contributed by atoms with Crippen LogP contribution in [0.15, 0.2) is 243 Å². The van der Waals surface area contributed by atoms with Crippen molar-refractivity contribution >= 4 is 56.9 Å². The zero-order valence-corrected chi connectivity index (χ0v) is 32.0. The van der Waals surface area contributed by atoms with Gasteiger partial charge in [0, 0.05) is 56.9 Å². The molecule has 0 bridgehead atoms. The average Bonchev–Trinajstić information content (AvgIpc) is 3.30. The van der Waals surface area contributed by atoms with Crippen LogP contribution in [0.5, 0.6) is 0 Å². The first kappa shape index (κ1) is 35.9. The Morgan fingerprint density at radius 1 is 0.190 bits per heavy atom. The maximum Gasteiger partial charge on any atom is 0.0463 e. The lowest BCUT2D eigenvalue weighted by molar-refractivity contribution is 1.28. The predicted octanol–water partition coefficient (Wildman–Crippen LogP) is 15.4. The molecule has 4 nitrogen and oxygen atoms in total. The van der Waals surface area contributed by atoms with Gasteiger partial charge in [0.2, 0.25) is 0 Å². The second-order valence-corrected chi connectivity index (χ2v) is 14.1. The van der Waals surface area contributed by atoms with Crippen molar-refractivity contribution < 1.29 is 0 Å². The van der Waals surface area contributed by atoms with Crippen molar-refractivity contribution in [3.8, 4) is 22.3 Å². The molecule has 0 spiro atoms. The van der Waals surface area contributed by atoms with Crippen LogP contribution >= 0.6 is 0 Å². The monoisotopic (exact) mass is 746 g/mol. The largest absolute Gasteiger partial charge is 0.356 e. The van der Waals surface area contributed by atoms with Crippen molar-refractivity contribution in [3.63, 3.8) is 0 Å². The summed E-state index contributed by atoms with van der Waals surface area (Å²) in [5.41, 5.74) is 15.5.